The average molecular weight is 408 g/mol. The van der Waals surface area contributed by atoms with Gasteiger partial charge in [-0.25, -0.2) is 4.98 Å². The summed E-state index contributed by atoms with van der Waals surface area (Å²) in [6, 6.07) is 16.1. The van der Waals surface area contributed by atoms with Crippen LogP contribution in [0.2, 0.25) is 0 Å². The van der Waals surface area contributed by atoms with Crippen LogP contribution in [0.4, 0.5) is 16.0 Å². The molecule has 0 bridgehead atoms. The molecule has 1 saturated heterocycles. The van der Waals surface area contributed by atoms with Crippen molar-refractivity contribution in [3.05, 3.63) is 66.6 Å². The molecule has 0 spiro atoms. The molecule has 1 N–H and O–H groups in total. The minimum atomic E-state index is -0.655. The van der Waals surface area contributed by atoms with Gasteiger partial charge in [0.1, 0.15) is 18.1 Å². The van der Waals surface area contributed by atoms with Crippen molar-refractivity contribution in [3.63, 3.8) is 0 Å². The fourth-order valence-corrected chi connectivity index (χ4v) is 3.09. The van der Waals surface area contributed by atoms with Crippen LogP contribution >= 0.6 is 0 Å². The molecule has 4 rings (SSSR count). The van der Waals surface area contributed by atoms with E-state index in [-0.39, 0.29) is 17.7 Å². The number of halogens is 1. The number of anilines is 2. The minimum absolute atomic E-state index is 0.165. The van der Waals surface area contributed by atoms with Gasteiger partial charge in [0.05, 0.1) is 12.7 Å². The number of amides is 1. The van der Waals surface area contributed by atoms with Crippen molar-refractivity contribution in [3.8, 4) is 17.4 Å². The van der Waals surface area contributed by atoms with Crippen molar-refractivity contribution in [2.75, 3.05) is 25.0 Å². The first-order valence-electron chi connectivity index (χ1n) is 9.70. The van der Waals surface area contributed by atoms with Crippen molar-refractivity contribution in [1.82, 2.24) is 14.9 Å². The van der Waals surface area contributed by atoms with Crippen LogP contribution in [0.1, 0.15) is 12.8 Å². The second-order valence-electron chi connectivity index (χ2n) is 6.75. The molecule has 1 aromatic heterocycles. The Morgan fingerprint density at radius 2 is 1.93 bits per heavy atom. The molecule has 154 valence electrons. The molecule has 0 radical (unpaired) electrons. The Kier molecular flexibility index (Phi) is 6.03. The number of aromatic nitrogens is 2. The number of rotatable bonds is 8. The number of nitrogens with zero attached hydrogens (tertiary/aromatic N) is 3. The van der Waals surface area contributed by atoms with Crippen LogP contribution in [-0.2, 0) is 4.79 Å². The molecule has 0 aliphatic carbocycles. The van der Waals surface area contributed by atoms with Gasteiger partial charge in [0.2, 0.25) is 17.7 Å². The van der Waals surface area contributed by atoms with Gasteiger partial charge in [-0.2, -0.15) is 9.37 Å². The Morgan fingerprint density at radius 1 is 1.10 bits per heavy atom. The Morgan fingerprint density at radius 3 is 2.73 bits per heavy atom. The number of nitrogens with one attached hydrogen (secondary N) is 1. The highest BCUT2D eigenvalue weighted by Gasteiger charge is 2.19. The first kappa shape index (κ1) is 19.6. The molecular formula is C22H21FN4O3. The quantitative estimate of drug-likeness (QED) is 0.603. The number of hydrogen-bond acceptors (Lipinski definition) is 6. The maximum atomic E-state index is 14.0. The Hall–Kier alpha value is -3.68. The molecule has 1 aliphatic rings. The zero-order valence-corrected chi connectivity index (χ0v) is 16.3. The molecule has 2 heterocycles. The van der Waals surface area contributed by atoms with Crippen LogP contribution in [0.15, 0.2) is 60.8 Å². The topological polar surface area (TPSA) is 76.6 Å². The van der Waals surface area contributed by atoms with Crippen LogP contribution < -0.4 is 14.8 Å². The predicted molar refractivity (Wildman–Crippen MR) is 110 cm³/mol. The van der Waals surface area contributed by atoms with Gasteiger partial charge < -0.3 is 19.7 Å². The molecule has 1 fully saturated rings. The van der Waals surface area contributed by atoms with E-state index in [4.69, 9.17) is 9.47 Å². The van der Waals surface area contributed by atoms with E-state index in [0.29, 0.717) is 36.8 Å². The average Bonchev–Trinajstić information content (AvgIpc) is 3.16. The highest BCUT2D eigenvalue weighted by atomic mass is 19.1. The summed E-state index contributed by atoms with van der Waals surface area (Å²) >= 11 is 0. The van der Waals surface area contributed by atoms with Gasteiger partial charge in [0.15, 0.2) is 0 Å². The molecule has 0 atom stereocenters. The second-order valence-corrected chi connectivity index (χ2v) is 6.75. The van der Waals surface area contributed by atoms with E-state index >= 15 is 0 Å². The van der Waals surface area contributed by atoms with Crippen LogP contribution in [0, 0.1) is 5.82 Å². The number of ether oxygens (including phenoxy) is 2. The zero-order chi connectivity index (χ0) is 20.8. The van der Waals surface area contributed by atoms with Crippen molar-refractivity contribution in [2.45, 2.75) is 12.8 Å². The molecule has 1 amide bonds. The summed E-state index contributed by atoms with van der Waals surface area (Å²) in [6.45, 7) is 1.77. The lowest BCUT2D eigenvalue weighted by molar-refractivity contribution is -0.128. The third-order valence-electron chi connectivity index (χ3n) is 4.56. The van der Waals surface area contributed by atoms with Crippen molar-refractivity contribution in [2.24, 2.45) is 0 Å². The Balaban J connectivity index is 1.38. The van der Waals surface area contributed by atoms with Gasteiger partial charge in [0, 0.05) is 24.7 Å². The summed E-state index contributed by atoms with van der Waals surface area (Å²) < 4.78 is 25.3. The van der Waals surface area contributed by atoms with E-state index < -0.39 is 5.82 Å². The summed E-state index contributed by atoms with van der Waals surface area (Å²) in [5.41, 5.74) is 0.682. The van der Waals surface area contributed by atoms with E-state index in [9.17, 15) is 9.18 Å². The molecule has 30 heavy (non-hydrogen) atoms. The number of hydrogen-bond donors (Lipinski definition) is 1. The van der Waals surface area contributed by atoms with E-state index in [1.165, 1.54) is 0 Å². The van der Waals surface area contributed by atoms with Gasteiger partial charge in [-0.1, -0.05) is 24.3 Å². The van der Waals surface area contributed by atoms with E-state index in [1.54, 1.807) is 30.3 Å². The first-order valence-corrected chi connectivity index (χ1v) is 9.70. The Labute approximate surface area is 173 Å². The summed E-state index contributed by atoms with van der Waals surface area (Å²) in [5, 5.41) is 3.02. The number of benzene rings is 2. The van der Waals surface area contributed by atoms with Gasteiger partial charge >= 0.3 is 0 Å². The van der Waals surface area contributed by atoms with Crippen LogP contribution in [0.5, 0.6) is 17.4 Å². The third-order valence-corrected chi connectivity index (χ3v) is 4.56. The highest BCUT2D eigenvalue weighted by Crippen LogP contribution is 2.25. The summed E-state index contributed by atoms with van der Waals surface area (Å²) in [7, 11) is 0. The van der Waals surface area contributed by atoms with Gasteiger partial charge in [-0.05, 0) is 30.7 Å². The maximum absolute atomic E-state index is 14.0. The van der Waals surface area contributed by atoms with E-state index in [0.717, 1.165) is 19.2 Å². The van der Waals surface area contributed by atoms with Gasteiger partial charge in [-0.15, -0.1) is 0 Å². The minimum Gasteiger partial charge on any atom is -0.492 e. The van der Waals surface area contributed by atoms with Gasteiger partial charge in [0.25, 0.3) is 5.88 Å². The normalized spacial score (nSPS) is 13.4. The lowest BCUT2D eigenvalue weighted by Gasteiger charge is -2.16. The summed E-state index contributed by atoms with van der Waals surface area (Å²) in [4.78, 5) is 21.5. The predicted octanol–water partition coefficient (Wildman–Crippen LogP) is 4.15. The monoisotopic (exact) mass is 408 g/mol. The molecule has 8 heteroatoms. The molecule has 7 nitrogen and oxygen atoms in total. The lowest BCUT2D eigenvalue weighted by atomic mass is 10.3. The molecule has 0 unspecified atom stereocenters. The van der Waals surface area contributed by atoms with Crippen molar-refractivity contribution < 1.29 is 18.7 Å². The number of carbonyl (C=O) groups is 1. The molecular weight excluding hydrogens is 387 g/mol. The van der Waals surface area contributed by atoms with E-state index in [2.05, 4.69) is 15.3 Å². The second kappa shape index (κ2) is 9.21. The Bertz CT molecular complexity index is 1020. The smallest absolute Gasteiger partial charge is 0.260 e. The van der Waals surface area contributed by atoms with Crippen molar-refractivity contribution >= 4 is 17.5 Å². The van der Waals surface area contributed by atoms with Gasteiger partial charge in [-0.3, -0.25) is 4.79 Å². The third kappa shape index (κ3) is 5.02. The fraction of sp³-hybridized carbons (Fsp3) is 0.227. The van der Waals surface area contributed by atoms with Crippen molar-refractivity contribution in [1.29, 1.82) is 0 Å². The fourth-order valence-electron chi connectivity index (χ4n) is 3.09. The molecule has 3 aromatic rings. The maximum Gasteiger partial charge on any atom is 0.260 e. The standard InChI is InChI=1S/C22H21FN4O3/c23-19-15-24-22(26-21(19)30-17-7-2-1-3-8-17)25-16-6-4-9-18(14-16)29-13-12-27-11-5-10-20(27)28/h1-4,6-9,14-15H,5,10-13H2,(H,24,25,26). The number of carbonyl (C=O) groups excluding carboxylic acids is 1. The zero-order valence-electron chi connectivity index (χ0n) is 16.3. The molecule has 0 saturated carbocycles. The van der Waals surface area contributed by atoms with Crippen LogP contribution in [-0.4, -0.2) is 40.5 Å². The number of para-hydroxylation sites is 1. The molecule has 2 aromatic carbocycles. The first-order chi connectivity index (χ1) is 14.7. The van der Waals surface area contributed by atoms with Crippen LogP contribution in [0.25, 0.3) is 0 Å². The highest BCUT2D eigenvalue weighted by molar-refractivity contribution is 5.78. The number of likely N-dealkylation sites (tertiary alicyclic amines) is 1. The molecule has 1 aliphatic heterocycles. The lowest BCUT2D eigenvalue weighted by Crippen LogP contribution is -2.29. The van der Waals surface area contributed by atoms with Crippen LogP contribution in [0.3, 0.4) is 0 Å². The largest absolute Gasteiger partial charge is 0.492 e. The summed E-state index contributed by atoms with van der Waals surface area (Å²) in [5.74, 6) is 0.680. The summed E-state index contributed by atoms with van der Waals surface area (Å²) in [6.07, 6.45) is 2.58. The van der Waals surface area contributed by atoms with E-state index in [1.807, 2.05) is 29.2 Å². The SMILES string of the molecule is O=C1CCCN1CCOc1cccc(Nc2ncc(F)c(Oc3ccccc3)n2)c1.